The van der Waals surface area contributed by atoms with E-state index in [0.29, 0.717) is 0 Å². The van der Waals surface area contributed by atoms with Gasteiger partial charge in [-0.2, -0.15) is 0 Å². The second-order valence-corrected chi connectivity index (χ2v) is 1.06. The van der Waals surface area contributed by atoms with Crippen LogP contribution in [-0.4, -0.2) is 0 Å². The van der Waals surface area contributed by atoms with E-state index >= 15 is 0 Å². The average molecular weight is 126 g/mol. The molecule has 0 atom stereocenters. The zero-order chi connectivity index (χ0) is 8.12. The molecule has 0 spiro atoms. The molecule has 0 heterocycles. The number of unbranched alkanes of at least 4 members (excludes halogenated alkanes) is 1. The third kappa shape index (κ3) is 975. The van der Waals surface area contributed by atoms with Crippen LogP contribution in [0.1, 0.15) is 19.3 Å². The Bertz CT molecular complexity index is 14.0. The minimum Gasteiger partial charge on any atom is -0.339 e. The summed E-state index contributed by atoms with van der Waals surface area (Å²) in [4.78, 5) is 0. The van der Waals surface area contributed by atoms with E-state index in [1.54, 1.807) is 0 Å². The first-order valence-electron chi connectivity index (χ1n) is 3.00. The smallest absolute Gasteiger partial charge is 0.0587 e. The van der Waals surface area contributed by atoms with E-state index in [-0.39, 0.29) is 0 Å². The van der Waals surface area contributed by atoms with Crippen LogP contribution in [0, 0.1) is 27.7 Å². The molecule has 0 N–H and O–H groups in total. The Morgan fingerprint density at radius 2 is 1.22 bits per heavy atom. The Morgan fingerprint density at radius 1 is 1.11 bits per heavy atom. The van der Waals surface area contributed by atoms with E-state index < -0.39 is 0 Å². The highest BCUT2D eigenvalue weighted by Gasteiger charge is 1.57. The lowest BCUT2D eigenvalue weighted by Crippen LogP contribution is -1.49. The summed E-state index contributed by atoms with van der Waals surface area (Å²) < 4.78 is 0. The lowest BCUT2D eigenvalue weighted by Gasteiger charge is -1.71. The Hall–Kier alpha value is -0.520. The molecule has 0 rings (SSSR count). The van der Waals surface area contributed by atoms with Gasteiger partial charge >= 0.3 is 0 Å². The summed E-state index contributed by atoms with van der Waals surface area (Å²) in [6.07, 6.45) is 2.67. The topological polar surface area (TPSA) is 0 Å². The van der Waals surface area contributed by atoms with Crippen LogP contribution in [0.4, 0.5) is 0 Å². The van der Waals surface area contributed by atoms with E-state index in [9.17, 15) is 0 Å². The van der Waals surface area contributed by atoms with Crippen molar-refractivity contribution in [3.63, 3.8) is 0 Å². The molecule has 0 radical (unpaired) electrons. The number of hydrogen-bond acceptors (Lipinski definition) is 0. The van der Waals surface area contributed by atoms with Gasteiger partial charge in [-0.15, -0.1) is 19.6 Å². The summed E-state index contributed by atoms with van der Waals surface area (Å²) in [6, 6.07) is 0. The molecular weight excluding hydrogens is 108 g/mol. The van der Waals surface area contributed by atoms with Gasteiger partial charge in [0.1, 0.15) is 0 Å². The Balaban J connectivity index is -0.0000000646. The summed E-state index contributed by atoms with van der Waals surface area (Å²) in [5, 5.41) is 0. The molecule has 0 heteroatoms. The first kappa shape index (κ1) is 15.8. The molecule has 0 aromatic rings. The molecule has 0 unspecified atom stereocenters. The third-order valence-electron chi connectivity index (χ3n) is 0.250. The van der Waals surface area contributed by atoms with Gasteiger partial charge in [0.05, 0.1) is 13.3 Å². The molecule has 0 aliphatic rings. The van der Waals surface area contributed by atoms with Crippen molar-refractivity contribution in [3.05, 3.63) is 40.9 Å². The maximum atomic E-state index is 3.54. The summed E-state index contributed by atoms with van der Waals surface area (Å²) in [6.45, 7) is 19.8. The first-order valence-corrected chi connectivity index (χ1v) is 3.00. The van der Waals surface area contributed by atoms with Crippen LogP contribution < -0.4 is 0 Å². The van der Waals surface area contributed by atoms with Crippen molar-refractivity contribution in [2.24, 2.45) is 0 Å². The van der Waals surface area contributed by atoms with Crippen LogP contribution in [0.2, 0.25) is 0 Å². The summed E-state index contributed by atoms with van der Waals surface area (Å²) in [5.41, 5.74) is 0. The highest BCUT2D eigenvalue weighted by Crippen LogP contribution is 1.75. The fourth-order valence-electron chi connectivity index (χ4n) is 0. The minimum atomic E-state index is 0.750. The second-order valence-electron chi connectivity index (χ2n) is 1.06. The molecule has 54 valence electrons. The van der Waals surface area contributed by atoms with E-state index in [0.717, 1.165) is 19.3 Å². The molecule has 0 amide bonds. The Labute approximate surface area is 61.0 Å². The van der Waals surface area contributed by atoms with Gasteiger partial charge in [0.2, 0.25) is 0 Å². The van der Waals surface area contributed by atoms with Gasteiger partial charge in [-0.05, 0) is 6.42 Å². The standard InChI is InChI=1S/C4H8.C3H6.C2H4/c1-3-4-2;1-3-2;1-2/h1-4H2;1-3H2;1-2H2. The predicted molar refractivity (Wildman–Crippen MR) is 46.5 cm³/mol. The Morgan fingerprint density at radius 3 is 1.22 bits per heavy atom. The van der Waals surface area contributed by atoms with Gasteiger partial charge in [0, 0.05) is 6.92 Å². The van der Waals surface area contributed by atoms with Gasteiger partial charge in [-0.25, -0.2) is 0 Å². The maximum absolute atomic E-state index is 3.54. The zero-order valence-corrected chi connectivity index (χ0v) is 6.36. The van der Waals surface area contributed by atoms with Crippen molar-refractivity contribution in [3.8, 4) is 0 Å². The molecule has 0 fully saturated rings. The molecule has 0 aromatic carbocycles. The maximum Gasteiger partial charge on any atom is 0.0587 e. The van der Waals surface area contributed by atoms with E-state index in [1.807, 2.05) is 0 Å². The molecule has 0 aromatic heterocycles. The molecule has 0 aliphatic carbocycles. The second kappa shape index (κ2) is 51.1. The van der Waals surface area contributed by atoms with E-state index in [1.165, 1.54) is 0 Å². The fourth-order valence-corrected chi connectivity index (χ4v) is 0. The van der Waals surface area contributed by atoms with Gasteiger partial charge in [0.25, 0.3) is 0 Å². The van der Waals surface area contributed by atoms with Crippen molar-refractivity contribution < 1.29 is 0 Å². The van der Waals surface area contributed by atoms with Gasteiger partial charge in [-0.3, -0.25) is 6.92 Å². The Kier molecular flexibility index (Phi) is 89.6. The third-order valence-corrected chi connectivity index (χ3v) is 0.250. The normalized spacial score (nSPS) is 5.56. The van der Waals surface area contributed by atoms with Crippen molar-refractivity contribution in [2.45, 2.75) is 19.3 Å². The van der Waals surface area contributed by atoms with E-state index in [2.05, 4.69) is 40.9 Å². The molecule has 0 saturated heterocycles. The lowest BCUT2D eigenvalue weighted by molar-refractivity contribution is 1.05. The van der Waals surface area contributed by atoms with Crippen molar-refractivity contribution in [2.75, 3.05) is 0 Å². The van der Waals surface area contributed by atoms with Crippen LogP contribution in [0.5, 0.6) is 0 Å². The first-order chi connectivity index (χ1) is 4.33. The van der Waals surface area contributed by atoms with Gasteiger partial charge in [0.15, 0.2) is 0 Å². The molecular formula is C9H18. The van der Waals surface area contributed by atoms with E-state index in [4.69, 9.17) is 0 Å². The van der Waals surface area contributed by atoms with Crippen LogP contribution >= 0.6 is 0 Å². The molecule has 0 saturated carbocycles. The zero-order valence-electron chi connectivity index (χ0n) is 6.36. The van der Waals surface area contributed by atoms with Crippen molar-refractivity contribution >= 4 is 0 Å². The van der Waals surface area contributed by atoms with Gasteiger partial charge < -0.3 is 6.92 Å². The highest BCUT2D eigenvalue weighted by molar-refractivity contribution is 4.38. The summed E-state index contributed by atoms with van der Waals surface area (Å²) in [5.74, 6) is 0. The van der Waals surface area contributed by atoms with Crippen molar-refractivity contribution in [1.82, 2.24) is 0 Å². The molecule has 9 heavy (non-hydrogen) atoms. The monoisotopic (exact) mass is 126 g/mol. The SMILES string of the molecule is C=C.[CH2+]CC[CH2-].[CH2+]C[CH2-]. The van der Waals surface area contributed by atoms with Crippen LogP contribution in [0.3, 0.4) is 0 Å². The highest BCUT2D eigenvalue weighted by atomic mass is 13.6. The van der Waals surface area contributed by atoms with Crippen LogP contribution in [0.15, 0.2) is 13.2 Å². The lowest BCUT2D eigenvalue weighted by atomic mass is 10.4. The largest absolute Gasteiger partial charge is 0.339 e. The average Bonchev–Trinajstić information content (AvgIpc) is 1.94. The van der Waals surface area contributed by atoms with Crippen LogP contribution in [-0.2, 0) is 0 Å². The number of hydrogen-bond donors (Lipinski definition) is 0. The predicted octanol–water partition coefficient (Wildman–Crippen LogP) is 3.28. The van der Waals surface area contributed by atoms with Gasteiger partial charge in [-0.1, -0.05) is 0 Å². The summed E-state index contributed by atoms with van der Waals surface area (Å²) in [7, 11) is 0. The molecule has 0 bridgehead atoms. The quantitative estimate of drug-likeness (QED) is 0.373. The van der Waals surface area contributed by atoms with Crippen molar-refractivity contribution in [1.29, 1.82) is 0 Å². The van der Waals surface area contributed by atoms with Crippen LogP contribution in [0.25, 0.3) is 0 Å². The fraction of sp³-hybridized carbons (Fsp3) is 0.333. The summed E-state index contributed by atoms with van der Waals surface area (Å²) >= 11 is 0. The molecule has 0 aliphatic heterocycles. The minimum absolute atomic E-state index is 0.750. The molecule has 0 nitrogen and oxygen atoms in total. The number of rotatable bonds is 1.